The number of piperidine rings is 1. The van der Waals surface area contributed by atoms with Gasteiger partial charge in [-0.1, -0.05) is 18.2 Å². The van der Waals surface area contributed by atoms with E-state index in [1.54, 1.807) is 36.2 Å². The van der Waals surface area contributed by atoms with Crippen LogP contribution < -0.4 is 4.74 Å². The fourth-order valence-electron chi connectivity index (χ4n) is 3.66. The van der Waals surface area contributed by atoms with Gasteiger partial charge in [-0.15, -0.1) is 0 Å². The molecule has 8 nitrogen and oxygen atoms in total. The van der Waals surface area contributed by atoms with E-state index in [4.69, 9.17) is 4.74 Å². The zero-order valence-corrected chi connectivity index (χ0v) is 12.7. The molecule has 122 valence electrons. The van der Waals surface area contributed by atoms with Crippen LogP contribution in [0.15, 0.2) is 42.2 Å². The average Bonchev–Trinajstić information content (AvgIpc) is 2.46. The van der Waals surface area contributed by atoms with Crippen molar-refractivity contribution in [3.8, 4) is 5.75 Å². The fraction of sp³-hybridized carbons (Fsp3) is 0.467. The summed E-state index contributed by atoms with van der Waals surface area (Å²) in [5.41, 5.74) is -2.87. The van der Waals surface area contributed by atoms with E-state index in [1.807, 2.05) is 6.07 Å². The molecule has 1 fully saturated rings. The van der Waals surface area contributed by atoms with Crippen LogP contribution in [0.5, 0.6) is 5.75 Å². The first kappa shape index (κ1) is 15.4. The molecule has 1 aromatic rings. The predicted octanol–water partition coefficient (Wildman–Crippen LogP) is 1.72. The molecule has 1 aromatic carbocycles. The summed E-state index contributed by atoms with van der Waals surface area (Å²) in [5.74, 6) is 0.813. The van der Waals surface area contributed by atoms with Crippen molar-refractivity contribution >= 4 is 0 Å². The number of likely N-dealkylation sites (N-methyl/N-ethyl adjacent to an activating group) is 1. The van der Waals surface area contributed by atoms with Crippen LogP contribution in [0.3, 0.4) is 0 Å². The van der Waals surface area contributed by atoms with Crippen LogP contribution in [0.1, 0.15) is 12.8 Å². The summed E-state index contributed by atoms with van der Waals surface area (Å²) in [6.45, 7) is 0.308. The Morgan fingerprint density at radius 1 is 1.13 bits per heavy atom. The standard InChI is InChI=1S/C15H17N3O5/c1-16-10-14(17(19)20)7-13(23-12-5-3-2-4-6-12)8-15(9-14,11-16)18(21)22/h2-7H,8-11H2,1H3/t14-,15-/m0/s1. The fourth-order valence-corrected chi connectivity index (χ4v) is 3.66. The summed E-state index contributed by atoms with van der Waals surface area (Å²) in [5, 5.41) is 23.3. The Hall–Kier alpha value is -2.48. The van der Waals surface area contributed by atoms with Crippen LogP contribution in [-0.2, 0) is 0 Å². The summed E-state index contributed by atoms with van der Waals surface area (Å²) in [4.78, 5) is 24.2. The minimum Gasteiger partial charge on any atom is -0.462 e. The molecule has 0 saturated carbocycles. The van der Waals surface area contributed by atoms with Gasteiger partial charge in [0.05, 0.1) is 25.9 Å². The van der Waals surface area contributed by atoms with Gasteiger partial charge in [0.25, 0.3) is 5.54 Å². The topological polar surface area (TPSA) is 98.8 Å². The second-order valence-corrected chi connectivity index (χ2v) is 6.39. The highest BCUT2D eigenvalue weighted by molar-refractivity contribution is 5.28. The maximum absolute atomic E-state index is 11.7. The van der Waals surface area contributed by atoms with Gasteiger partial charge in [0.1, 0.15) is 11.5 Å². The summed E-state index contributed by atoms with van der Waals surface area (Å²) in [6.07, 6.45) is 1.40. The van der Waals surface area contributed by atoms with Crippen molar-refractivity contribution in [1.29, 1.82) is 0 Å². The monoisotopic (exact) mass is 319 g/mol. The van der Waals surface area contributed by atoms with Crippen molar-refractivity contribution < 1.29 is 14.6 Å². The van der Waals surface area contributed by atoms with Crippen LogP contribution in [0.25, 0.3) is 0 Å². The van der Waals surface area contributed by atoms with Gasteiger partial charge in [-0.05, 0) is 19.2 Å². The Morgan fingerprint density at radius 3 is 2.43 bits per heavy atom. The molecule has 3 rings (SSSR count). The van der Waals surface area contributed by atoms with Gasteiger partial charge in [0.2, 0.25) is 5.54 Å². The van der Waals surface area contributed by atoms with E-state index in [0.29, 0.717) is 11.5 Å². The lowest BCUT2D eigenvalue weighted by molar-refractivity contribution is -0.620. The number of likely N-dealkylation sites (tertiary alicyclic amines) is 1. The molecule has 0 unspecified atom stereocenters. The highest BCUT2D eigenvalue weighted by Gasteiger charge is 2.64. The third-order valence-corrected chi connectivity index (χ3v) is 4.42. The van der Waals surface area contributed by atoms with E-state index >= 15 is 0 Å². The van der Waals surface area contributed by atoms with E-state index in [9.17, 15) is 20.2 Å². The number of nitro groups is 2. The number of para-hydroxylation sites is 1. The first-order valence-electron chi connectivity index (χ1n) is 7.27. The van der Waals surface area contributed by atoms with Crippen molar-refractivity contribution in [3.63, 3.8) is 0 Å². The number of ether oxygens (including phenoxy) is 1. The molecule has 1 heterocycles. The van der Waals surface area contributed by atoms with Gasteiger partial charge in [-0.25, -0.2) is 0 Å². The molecule has 0 N–H and O–H groups in total. The molecule has 1 saturated heterocycles. The molecular formula is C15H17N3O5. The van der Waals surface area contributed by atoms with Crippen LogP contribution in [-0.4, -0.2) is 46.0 Å². The third-order valence-electron chi connectivity index (χ3n) is 4.42. The van der Waals surface area contributed by atoms with E-state index < -0.39 is 16.0 Å². The lowest BCUT2D eigenvalue weighted by atomic mass is 9.71. The van der Waals surface area contributed by atoms with Crippen molar-refractivity contribution in [3.05, 3.63) is 62.4 Å². The highest BCUT2D eigenvalue weighted by Crippen LogP contribution is 2.43. The molecule has 1 aliphatic carbocycles. The Kier molecular flexibility index (Phi) is 3.56. The first-order valence-corrected chi connectivity index (χ1v) is 7.27. The molecule has 0 radical (unpaired) electrons. The van der Waals surface area contributed by atoms with Gasteiger partial charge in [-0.3, -0.25) is 25.1 Å². The molecule has 0 amide bonds. The smallest absolute Gasteiger partial charge is 0.263 e. The largest absolute Gasteiger partial charge is 0.462 e. The minimum absolute atomic E-state index is 0.0504. The van der Waals surface area contributed by atoms with E-state index in [-0.39, 0.29) is 30.9 Å². The summed E-state index contributed by atoms with van der Waals surface area (Å²) in [6, 6.07) is 8.81. The van der Waals surface area contributed by atoms with Gasteiger partial charge in [-0.2, -0.15) is 0 Å². The molecule has 0 spiro atoms. The van der Waals surface area contributed by atoms with Gasteiger partial charge < -0.3 is 4.74 Å². The number of benzene rings is 1. The Balaban J connectivity index is 2.02. The Labute approximate surface area is 132 Å². The first-order chi connectivity index (χ1) is 10.9. The van der Waals surface area contributed by atoms with Crippen LogP contribution in [0.4, 0.5) is 0 Å². The molecule has 8 heteroatoms. The molecule has 2 atom stereocenters. The maximum atomic E-state index is 11.7. The minimum atomic E-state index is -1.48. The van der Waals surface area contributed by atoms with E-state index in [0.717, 1.165) is 0 Å². The second-order valence-electron chi connectivity index (χ2n) is 6.39. The predicted molar refractivity (Wildman–Crippen MR) is 81.3 cm³/mol. The zero-order chi connectivity index (χ0) is 16.7. The molecule has 0 aromatic heterocycles. The third kappa shape index (κ3) is 2.65. The van der Waals surface area contributed by atoms with Crippen LogP contribution in [0, 0.1) is 20.2 Å². The molecule has 1 aliphatic heterocycles. The highest BCUT2D eigenvalue weighted by atomic mass is 16.6. The summed E-state index contributed by atoms with van der Waals surface area (Å²) < 4.78 is 5.71. The number of nitrogens with zero attached hydrogens (tertiary/aromatic N) is 3. The van der Waals surface area contributed by atoms with Crippen molar-refractivity contribution in [2.45, 2.75) is 23.9 Å². The van der Waals surface area contributed by atoms with Gasteiger partial charge in [0.15, 0.2) is 0 Å². The van der Waals surface area contributed by atoms with Gasteiger partial charge in [0, 0.05) is 15.9 Å². The number of hydrogen-bond donors (Lipinski definition) is 0. The van der Waals surface area contributed by atoms with E-state index in [1.165, 1.54) is 6.08 Å². The van der Waals surface area contributed by atoms with Gasteiger partial charge >= 0.3 is 0 Å². The lowest BCUT2D eigenvalue weighted by Gasteiger charge is -2.43. The molecule has 2 aliphatic rings. The average molecular weight is 319 g/mol. The molecule has 2 bridgehead atoms. The summed E-state index contributed by atoms with van der Waals surface area (Å²) >= 11 is 0. The van der Waals surface area contributed by atoms with Crippen LogP contribution in [0.2, 0.25) is 0 Å². The summed E-state index contributed by atoms with van der Waals surface area (Å²) in [7, 11) is 1.67. The SMILES string of the molecule is CN1C[C@]2([N+](=O)[O-])C=C(Oc3ccccc3)C[C@@]([N+](=O)[O-])(C1)C2. The van der Waals surface area contributed by atoms with Crippen molar-refractivity contribution in [2.24, 2.45) is 0 Å². The lowest BCUT2D eigenvalue weighted by Crippen LogP contribution is -2.65. The van der Waals surface area contributed by atoms with Crippen molar-refractivity contribution in [1.82, 2.24) is 4.90 Å². The number of hydrogen-bond acceptors (Lipinski definition) is 6. The normalized spacial score (nSPS) is 30.4. The Morgan fingerprint density at radius 2 is 1.83 bits per heavy atom. The molecular weight excluding hydrogens is 302 g/mol. The van der Waals surface area contributed by atoms with E-state index in [2.05, 4.69) is 0 Å². The quantitative estimate of drug-likeness (QED) is 0.619. The maximum Gasteiger partial charge on any atom is 0.263 e. The Bertz CT molecular complexity index is 677. The second kappa shape index (κ2) is 5.31. The van der Waals surface area contributed by atoms with Crippen LogP contribution >= 0.6 is 0 Å². The zero-order valence-electron chi connectivity index (χ0n) is 12.7. The number of rotatable bonds is 4. The number of fused-ring (bicyclic) bond motifs is 2. The molecule has 23 heavy (non-hydrogen) atoms. The van der Waals surface area contributed by atoms with Crippen molar-refractivity contribution in [2.75, 3.05) is 20.1 Å².